The minimum atomic E-state index is -5.11. The molecule has 0 spiro atoms. The number of aliphatic hydroxyl groups is 5. The number of carbonyl (C=O) groups is 2. The molecule has 0 heterocycles. The van der Waals surface area contributed by atoms with Crippen LogP contribution in [0.5, 0.6) is 0 Å². The molecule has 1 aliphatic rings. The van der Waals surface area contributed by atoms with E-state index in [9.17, 15) is 44.6 Å². The number of carbonyl (C=O) groups excluding carboxylic acids is 2. The van der Waals surface area contributed by atoms with E-state index < -0.39 is 75.7 Å². The minimum absolute atomic E-state index is 0.0435. The van der Waals surface area contributed by atoms with Crippen LogP contribution in [0.1, 0.15) is 117 Å². The Morgan fingerprint density at radius 3 is 1.71 bits per heavy atom. The Labute approximate surface area is 303 Å². The maximum Gasteiger partial charge on any atom is 0.472 e. The molecule has 294 valence electrons. The van der Waals surface area contributed by atoms with Gasteiger partial charge in [0.2, 0.25) is 0 Å². The summed E-state index contributed by atoms with van der Waals surface area (Å²) in [6, 6.07) is 0. The monoisotopic (exact) mass is 746 g/mol. The van der Waals surface area contributed by atoms with E-state index in [1.165, 1.54) is 6.42 Å². The van der Waals surface area contributed by atoms with E-state index in [1.54, 1.807) is 0 Å². The van der Waals surface area contributed by atoms with Crippen molar-refractivity contribution in [3.05, 3.63) is 48.6 Å². The minimum Gasteiger partial charge on any atom is -0.462 e. The highest BCUT2D eigenvalue weighted by molar-refractivity contribution is 7.47. The highest BCUT2D eigenvalue weighted by Crippen LogP contribution is 2.47. The van der Waals surface area contributed by atoms with E-state index in [-0.39, 0.29) is 12.8 Å². The SMILES string of the molecule is CC/C=C\C/C=C\C/C=C\C/C=C\CCCCC(=O)OC(COC(=O)CCCCCCCCC)COP(=O)(O)OC1C(O)C(O)C(O)C(O)C1O. The third-order valence-corrected chi connectivity index (χ3v) is 9.17. The maximum absolute atomic E-state index is 12.7. The molecule has 6 unspecified atom stereocenters. The third-order valence-electron chi connectivity index (χ3n) is 8.18. The third kappa shape index (κ3) is 21.8. The molecule has 0 aromatic carbocycles. The normalized spacial score (nSPS) is 24.5. The van der Waals surface area contributed by atoms with Gasteiger partial charge in [0.15, 0.2) is 6.10 Å². The molecule has 1 fully saturated rings. The number of phosphoric acid groups is 1. The van der Waals surface area contributed by atoms with Crippen LogP contribution in [0.15, 0.2) is 48.6 Å². The first-order chi connectivity index (χ1) is 24.4. The fraction of sp³-hybridized carbons (Fsp3) is 0.730. The number of hydrogen-bond donors (Lipinski definition) is 6. The Kier molecular flexibility index (Phi) is 26.0. The second kappa shape index (κ2) is 28.3. The molecule has 6 N–H and O–H groups in total. The van der Waals surface area contributed by atoms with Gasteiger partial charge >= 0.3 is 19.8 Å². The number of hydrogen-bond acceptors (Lipinski definition) is 12. The van der Waals surface area contributed by atoms with Crippen molar-refractivity contribution >= 4 is 19.8 Å². The molecule has 0 radical (unpaired) electrons. The van der Waals surface area contributed by atoms with Gasteiger partial charge in [-0.15, -0.1) is 0 Å². The fourth-order valence-electron chi connectivity index (χ4n) is 5.16. The van der Waals surface area contributed by atoms with Gasteiger partial charge in [0.1, 0.15) is 43.2 Å². The topological polar surface area (TPSA) is 210 Å². The average Bonchev–Trinajstić information content (AvgIpc) is 3.10. The lowest BCUT2D eigenvalue weighted by Gasteiger charge is -2.41. The molecule has 1 rings (SSSR count). The van der Waals surface area contributed by atoms with Crippen LogP contribution in [-0.4, -0.2) is 98.3 Å². The van der Waals surface area contributed by atoms with E-state index in [0.717, 1.165) is 70.6 Å². The highest BCUT2D eigenvalue weighted by atomic mass is 31.2. The van der Waals surface area contributed by atoms with E-state index >= 15 is 0 Å². The standard InChI is InChI=1S/C37H63O13P/c1-3-5-7-9-11-12-13-14-15-16-17-18-20-22-24-26-31(39)49-29(27-47-30(38)25-23-21-19-10-8-6-4-2)28-48-51(45,46)50-37-35(43)33(41)32(40)34(42)36(37)44/h5,7,11-12,14-15,17-18,29,32-37,40-44H,3-4,6,8-10,13,16,19-28H2,1-2H3,(H,45,46)/b7-5-,12-11-,15-14-,18-17-. The largest absolute Gasteiger partial charge is 0.472 e. The molecular weight excluding hydrogens is 683 g/mol. The molecule has 0 aromatic heterocycles. The van der Waals surface area contributed by atoms with E-state index in [4.69, 9.17) is 18.5 Å². The lowest BCUT2D eigenvalue weighted by molar-refractivity contribution is -0.220. The zero-order valence-electron chi connectivity index (χ0n) is 30.4. The highest BCUT2D eigenvalue weighted by Gasteiger charge is 2.51. The van der Waals surface area contributed by atoms with Crippen LogP contribution in [0, 0.1) is 0 Å². The van der Waals surface area contributed by atoms with Crippen molar-refractivity contribution in [1.82, 2.24) is 0 Å². The molecular formula is C37H63O13P. The van der Waals surface area contributed by atoms with Gasteiger partial charge in [-0.2, -0.15) is 0 Å². The summed E-state index contributed by atoms with van der Waals surface area (Å²) in [5, 5.41) is 49.8. The molecule has 51 heavy (non-hydrogen) atoms. The van der Waals surface area contributed by atoms with Crippen LogP contribution in [-0.2, 0) is 32.7 Å². The predicted octanol–water partition coefficient (Wildman–Crippen LogP) is 5.27. The number of unbranched alkanes of at least 4 members (excludes halogenated alkanes) is 8. The van der Waals surface area contributed by atoms with Crippen LogP contribution in [0.25, 0.3) is 0 Å². The smallest absolute Gasteiger partial charge is 0.462 e. The number of phosphoric ester groups is 1. The van der Waals surface area contributed by atoms with Gasteiger partial charge in [0.05, 0.1) is 6.61 Å². The van der Waals surface area contributed by atoms with E-state index in [2.05, 4.69) is 56.4 Å². The molecule has 13 nitrogen and oxygen atoms in total. The van der Waals surface area contributed by atoms with Crippen LogP contribution in [0.2, 0.25) is 0 Å². The molecule has 1 aliphatic carbocycles. The van der Waals surface area contributed by atoms with Crippen LogP contribution in [0.3, 0.4) is 0 Å². The van der Waals surface area contributed by atoms with Gasteiger partial charge in [-0.1, -0.05) is 101 Å². The van der Waals surface area contributed by atoms with Crippen LogP contribution in [0.4, 0.5) is 0 Å². The van der Waals surface area contributed by atoms with Crippen molar-refractivity contribution in [2.24, 2.45) is 0 Å². The van der Waals surface area contributed by atoms with Crippen molar-refractivity contribution < 1.29 is 63.1 Å². The Morgan fingerprint density at radius 1 is 0.627 bits per heavy atom. The number of aliphatic hydroxyl groups excluding tert-OH is 5. The Balaban J connectivity index is 2.59. The average molecular weight is 747 g/mol. The number of allylic oxidation sites excluding steroid dienone is 8. The first kappa shape index (κ1) is 46.8. The molecule has 0 saturated heterocycles. The first-order valence-electron chi connectivity index (χ1n) is 18.4. The van der Waals surface area contributed by atoms with E-state index in [0.29, 0.717) is 12.8 Å². The zero-order valence-corrected chi connectivity index (χ0v) is 31.3. The van der Waals surface area contributed by atoms with Crippen molar-refractivity contribution in [2.45, 2.75) is 159 Å². The summed E-state index contributed by atoms with van der Waals surface area (Å²) in [7, 11) is -5.11. The number of esters is 2. The molecule has 0 amide bonds. The second-order valence-electron chi connectivity index (χ2n) is 12.7. The molecule has 0 aliphatic heterocycles. The van der Waals surface area contributed by atoms with Crippen LogP contribution < -0.4 is 0 Å². The van der Waals surface area contributed by atoms with Gasteiger partial charge in [-0.25, -0.2) is 4.57 Å². The van der Waals surface area contributed by atoms with Gasteiger partial charge in [0, 0.05) is 12.8 Å². The van der Waals surface area contributed by atoms with Crippen molar-refractivity contribution in [3.8, 4) is 0 Å². The molecule has 6 atom stereocenters. The van der Waals surface area contributed by atoms with Gasteiger partial charge in [-0.05, 0) is 51.4 Å². The summed E-state index contributed by atoms with van der Waals surface area (Å²) >= 11 is 0. The lowest BCUT2D eigenvalue weighted by atomic mass is 9.85. The molecule has 0 bridgehead atoms. The van der Waals surface area contributed by atoms with Gasteiger partial charge in [-0.3, -0.25) is 18.6 Å². The van der Waals surface area contributed by atoms with Crippen LogP contribution >= 0.6 is 7.82 Å². The van der Waals surface area contributed by atoms with Gasteiger partial charge in [0.25, 0.3) is 0 Å². The van der Waals surface area contributed by atoms with Crippen molar-refractivity contribution in [3.63, 3.8) is 0 Å². The summed E-state index contributed by atoms with van der Waals surface area (Å²) in [5.74, 6) is -1.16. The molecule has 14 heteroatoms. The quantitative estimate of drug-likeness (QED) is 0.0261. The predicted molar refractivity (Wildman–Crippen MR) is 193 cm³/mol. The fourth-order valence-corrected chi connectivity index (χ4v) is 6.13. The Morgan fingerprint density at radius 2 is 1.12 bits per heavy atom. The summed E-state index contributed by atoms with van der Waals surface area (Å²) in [5.41, 5.74) is 0. The summed E-state index contributed by atoms with van der Waals surface area (Å²) in [4.78, 5) is 35.2. The zero-order chi connectivity index (χ0) is 37.9. The summed E-state index contributed by atoms with van der Waals surface area (Å²) in [6.07, 6.45) is 16.5. The van der Waals surface area contributed by atoms with Gasteiger partial charge < -0.3 is 39.9 Å². The van der Waals surface area contributed by atoms with Crippen molar-refractivity contribution in [2.75, 3.05) is 13.2 Å². The summed E-state index contributed by atoms with van der Waals surface area (Å²) < 4.78 is 33.1. The van der Waals surface area contributed by atoms with Crippen molar-refractivity contribution in [1.29, 1.82) is 0 Å². The maximum atomic E-state index is 12.7. The number of ether oxygens (including phenoxy) is 2. The molecule has 0 aromatic rings. The second-order valence-corrected chi connectivity index (χ2v) is 14.1. The first-order valence-corrected chi connectivity index (χ1v) is 19.9. The molecule has 1 saturated carbocycles. The van der Waals surface area contributed by atoms with E-state index in [1.807, 2.05) is 6.08 Å². The Hall–Kier alpha value is -2.19. The lowest BCUT2D eigenvalue weighted by Crippen LogP contribution is -2.64. The number of rotatable bonds is 28. The summed E-state index contributed by atoms with van der Waals surface area (Å²) in [6.45, 7) is 3.04. The Bertz CT molecular complexity index is 1090.